The maximum absolute atomic E-state index is 12.6. The quantitative estimate of drug-likeness (QED) is 0.663. The van der Waals surface area contributed by atoms with Crippen molar-refractivity contribution in [3.05, 3.63) is 23.8 Å². The van der Waals surface area contributed by atoms with Gasteiger partial charge in [-0.1, -0.05) is 6.07 Å². The molecule has 1 aromatic carbocycles. The number of rotatable bonds is 6. The van der Waals surface area contributed by atoms with E-state index in [0.29, 0.717) is 23.6 Å². The van der Waals surface area contributed by atoms with Gasteiger partial charge in [0.1, 0.15) is 0 Å². The van der Waals surface area contributed by atoms with E-state index in [4.69, 9.17) is 0 Å². The Balaban J connectivity index is 0.00000364. The van der Waals surface area contributed by atoms with E-state index >= 15 is 0 Å². The summed E-state index contributed by atoms with van der Waals surface area (Å²) in [6.45, 7) is 9.16. The Morgan fingerprint density at radius 2 is 1.85 bits per heavy atom. The number of piperidine rings is 1. The third kappa shape index (κ3) is 7.41. The molecular weight excluding hydrogens is 386 g/mol. The summed E-state index contributed by atoms with van der Waals surface area (Å²) < 4.78 is 27.9. The lowest BCUT2D eigenvalue weighted by Gasteiger charge is -2.23. The first-order chi connectivity index (χ1) is 12.1. The molecule has 3 N–H and O–H groups in total. The van der Waals surface area contributed by atoms with Gasteiger partial charge in [0.15, 0.2) is 0 Å². The Morgan fingerprint density at radius 1 is 1.22 bits per heavy atom. The van der Waals surface area contributed by atoms with Crippen molar-refractivity contribution in [1.82, 2.24) is 10.0 Å². The van der Waals surface area contributed by atoms with Crippen LogP contribution >= 0.6 is 12.4 Å². The molecule has 0 radical (unpaired) electrons. The second kappa shape index (κ2) is 9.87. The molecule has 1 aliphatic rings. The van der Waals surface area contributed by atoms with Crippen LogP contribution in [0.1, 0.15) is 52.0 Å². The summed E-state index contributed by atoms with van der Waals surface area (Å²) in [7, 11) is -3.64. The maximum Gasteiger partial charge on any atom is 0.241 e. The summed E-state index contributed by atoms with van der Waals surface area (Å²) in [6.07, 6.45) is 3.55. The van der Waals surface area contributed by atoms with Gasteiger partial charge >= 0.3 is 0 Å². The number of hydrogen-bond acceptors (Lipinski definition) is 4. The molecule has 1 amide bonds. The van der Waals surface area contributed by atoms with Crippen molar-refractivity contribution in [1.29, 1.82) is 0 Å². The van der Waals surface area contributed by atoms with Gasteiger partial charge in [0.25, 0.3) is 0 Å². The summed E-state index contributed by atoms with van der Waals surface area (Å²) in [4.78, 5) is 12.5. The van der Waals surface area contributed by atoms with Crippen LogP contribution in [-0.2, 0) is 14.8 Å². The number of amides is 1. The Morgan fingerprint density at radius 3 is 2.44 bits per heavy atom. The summed E-state index contributed by atoms with van der Waals surface area (Å²) >= 11 is 0. The number of anilines is 1. The van der Waals surface area contributed by atoms with Crippen LogP contribution in [0, 0.1) is 12.8 Å². The Bertz CT molecular complexity index is 739. The number of hydrogen-bond donors (Lipinski definition) is 3. The minimum Gasteiger partial charge on any atom is -0.326 e. The molecule has 2 rings (SSSR count). The topological polar surface area (TPSA) is 87.3 Å². The fraction of sp³-hybridized carbons (Fsp3) is 0.632. The van der Waals surface area contributed by atoms with Gasteiger partial charge in [-0.25, -0.2) is 13.1 Å². The zero-order valence-corrected chi connectivity index (χ0v) is 18.2. The molecule has 0 unspecified atom stereocenters. The van der Waals surface area contributed by atoms with E-state index in [0.717, 1.165) is 32.4 Å². The van der Waals surface area contributed by atoms with Crippen LogP contribution in [0.5, 0.6) is 0 Å². The van der Waals surface area contributed by atoms with Crippen molar-refractivity contribution >= 4 is 34.0 Å². The van der Waals surface area contributed by atoms with E-state index in [1.165, 1.54) is 0 Å². The number of nitrogens with one attached hydrogen (secondary N) is 3. The molecule has 0 bridgehead atoms. The highest BCUT2D eigenvalue weighted by atomic mass is 35.5. The van der Waals surface area contributed by atoms with Crippen LogP contribution in [0.15, 0.2) is 23.1 Å². The molecule has 154 valence electrons. The smallest absolute Gasteiger partial charge is 0.241 e. The molecule has 1 fully saturated rings. The fourth-order valence-corrected chi connectivity index (χ4v) is 4.90. The Kier molecular flexibility index (Phi) is 8.73. The second-order valence-corrected chi connectivity index (χ2v) is 9.72. The van der Waals surface area contributed by atoms with Crippen LogP contribution < -0.4 is 15.4 Å². The highest BCUT2D eigenvalue weighted by Gasteiger charge is 2.24. The average Bonchev–Trinajstić information content (AvgIpc) is 2.53. The first kappa shape index (κ1) is 23.9. The van der Waals surface area contributed by atoms with Gasteiger partial charge in [-0.15, -0.1) is 12.4 Å². The van der Waals surface area contributed by atoms with Gasteiger partial charge in [0, 0.05) is 17.6 Å². The molecule has 6 nitrogen and oxygen atoms in total. The predicted octanol–water partition coefficient (Wildman–Crippen LogP) is 3.21. The lowest BCUT2D eigenvalue weighted by molar-refractivity contribution is -0.116. The van der Waals surface area contributed by atoms with Gasteiger partial charge in [0.05, 0.1) is 4.90 Å². The van der Waals surface area contributed by atoms with E-state index < -0.39 is 15.6 Å². The summed E-state index contributed by atoms with van der Waals surface area (Å²) in [5.74, 6) is 0.524. The molecule has 0 aliphatic carbocycles. The maximum atomic E-state index is 12.6. The molecule has 1 saturated heterocycles. The third-order valence-corrected chi connectivity index (χ3v) is 6.43. The standard InChI is InChI=1S/C19H31N3O3S.ClH/c1-14-16(21-18(23)9-8-15-10-12-20-13-11-15)6-5-7-17(14)26(24,25)22-19(2,3)4;/h5-7,15,20,22H,8-13H2,1-4H3,(H,21,23);1H. The zero-order valence-electron chi connectivity index (χ0n) is 16.6. The largest absolute Gasteiger partial charge is 0.326 e. The molecule has 8 heteroatoms. The van der Waals surface area contributed by atoms with Crippen LogP contribution in [0.3, 0.4) is 0 Å². The van der Waals surface area contributed by atoms with Crippen molar-refractivity contribution in [2.75, 3.05) is 18.4 Å². The number of benzene rings is 1. The van der Waals surface area contributed by atoms with Crippen molar-refractivity contribution in [2.45, 2.75) is 63.8 Å². The van der Waals surface area contributed by atoms with E-state index in [1.807, 2.05) is 0 Å². The first-order valence-corrected chi connectivity index (χ1v) is 10.7. The van der Waals surface area contributed by atoms with E-state index in [1.54, 1.807) is 45.9 Å². The molecule has 0 atom stereocenters. The lowest BCUT2D eigenvalue weighted by Crippen LogP contribution is -2.40. The summed E-state index contributed by atoms with van der Waals surface area (Å²) in [5, 5.41) is 6.20. The van der Waals surface area contributed by atoms with Crippen LogP contribution in [0.25, 0.3) is 0 Å². The minimum atomic E-state index is -3.64. The number of halogens is 1. The monoisotopic (exact) mass is 417 g/mol. The second-order valence-electron chi connectivity index (χ2n) is 8.06. The molecule has 27 heavy (non-hydrogen) atoms. The SMILES string of the molecule is Cc1c(NC(=O)CCC2CCNCC2)cccc1S(=O)(=O)NC(C)(C)C.Cl. The van der Waals surface area contributed by atoms with Crippen LogP contribution in [0.4, 0.5) is 5.69 Å². The van der Waals surface area contributed by atoms with Gasteiger partial charge in [-0.05, 0) is 83.7 Å². The van der Waals surface area contributed by atoms with Gasteiger partial charge in [0.2, 0.25) is 15.9 Å². The van der Waals surface area contributed by atoms with Gasteiger partial charge < -0.3 is 10.6 Å². The molecule has 1 heterocycles. The van der Waals surface area contributed by atoms with Crippen molar-refractivity contribution in [3.63, 3.8) is 0 Å². The molecule has 1 aliphatic heterocycles. The summed E-state index contributed by atoms with van der Waals surface area (Å²) in [5.41, 5.74) is 0.538. The van der Waals surface area contributed by atoms with Crippen LogP contribution in [0.2, 0.25) is 0 Å². The highest BCUT2D eigenvalue weighted by molar-refractivity contribution is 7.89. The number of carbonyl (C=O) groups is 1. The Hall–Kier alpha value is -1.15. The highest BCUT2D eigenvalue weighted by Crippen LogP contribution is 2.25. The van der Waals surface area contributed by atoms with E-state index in [9.17, 15) is 13.2 Å². The number of sulfonamides is 1. The molecule has 1 aromatic rings. The molecular formula is C19H32ClN3O3S. The van der Waals surface area contributed by atoms with Crippen molar-refractivity contribution < 1.29 is 13.2 Å². The van der Waals surface area contributed by atoms with E-state index in [2.05, 4.69) is 15.4 Å². The third-order valence-electron chi connectivity index (χ3n) is 4.53. The van der Waals surface area contributed by atoms with Gasteiger partial charge in [-0.2, -0.15) is 0 Å². The van der Waals surface area contributed by atoms with Crippen LogP contribution in [-0.4, -0.2) is 33.0 Å². The first-order valence-electron chi connectivity index (χ1n) is 9.23. The van der Waals surface area contributed by atoms with Gasteiger partial charge in [-0.3, -0.25) is 4.79 Å². The Labute approximate surface area is 169 Å². The number of carbonyl (C=O) groups excluding carboxylic acids is 1. The average molecular weight is 418 g/mol. The van der Waals surface area contributed by atoms with E-state index in [-0.39, 0.29) is 23.2 Å². The predicted molar refractivity (Wildman–Crippen MR) is 112 cm³/mol. The normalized spacial score (nSPS) is 15.9. The molecule has 0 aromatic heterocycles. The minimum absolute atomic E-state index is 0. The van der Waals surface area contributed by atoms with Crippen molar-refractivity contribution in [2.24, 2.45) is 5.92 Å². The molecule has 0 spiro atoms. The zero-order chi connectivity index (χ0) is 19.4. The van der Waals surface area contributed by atoms with Crippen molar-refractivity contribution in [3.8, 4) is 0 Å². The lowest BCUT2D eigenvalue weighted by atomic mass is 9.93. The summed E-state index contributed by atoms with van der Waals surface area (Å²) in [6, 6.07) is 4.97. The fourth-order valence-electron chi connectivity index (χ4n) is 3.22. The molecule has 0 saturated carbocycles.